The van der Waals surface area contributed by atoms with E-state index in [1.807, 2.05) is 12.1 Å². The molecule has 1 N–H and O–H groups in total. The Kier molecular flexibility index (Phi) is 3.93. The van der Waals surface area contributed by atoms with Crippen LogP contribution in [0.25, 0.3) is 16.2 Å². The lowest BCUT2D eigenvalue weighted by atomic mass is 10.0. The molecule has 0 amide bonds. The van der Waals surface area contributed by atoms with E-state index in [0.29, 0.717) is 5.56 Å². The molecule has 1 aliphatic rings. The van der Waals surface area contributed by atoms with Crippen LogP contribution in [0.5, 0.6) is 0 Å². The van der Waals surface area contributed by atoms with Gasteiger partial charge < -0.3 is 5.11 Å². The number of benzene rings is 1. The van der Waals surface area contributed by atoms with Gasteiger partial charge in [0.25, 0.3) is 0 Å². The highest BCUT2D eigenvalue weighted by Gasteiger charge is 2.18. The SMILES string of the molecule is Cl.O=C(O)c1ccc(-c2cn3c4c(sc3n2)CCCC4)cc1. The van der Waals surface area contributed by atoms with Gasteiger partial charge in [0.2, 0.25) is 0 Å². The topological polar surface area (TPSA) is 54.6 Å². The van der Waals surface area contributed by atoms with E-state index < -0.39 is 5.97 Å². The molecule has 4 nitrogen and oxygen atoms in total. The number of fused-ring (bicyclic) bond motifs is 3. The monoisotopic (exact) mass is 334 g/mol. The molecule has 0 atom stereocenters. The summed E-state index contributed by atoms with van der Waals surface area (Å²) < 4.78 is 2.21. The van der Waals surface area contributed by atoms with Gasteiger partial charge in [-0.15, -0.1) is 23.7 Å². The van der Waals surface area contributed by atoms with Crippen molar-refractivity contribution in [2.24, 2.45) is 0 Å². The van der Waals surface area contributed by atoms with Crippen molar-refractivity contribution in [2.45, 2.75) is 25.7 Å². The Bertz CT molecular complexity index is 836. The van der Waals surface area contributed by atoms with Crippen molar-refractivity contribution in [3.63, 3.8) is 0 Å². The standard InChI is InChI=1S/C16H14N2O2S.ClH/c19-15(20)11-7-5-10(6-8-11)12-9-18-13-3-1-2-4-14(13)21-16(18)17-12;/h5-9H,1-4H2,(H,19,20);1H. The summed E-state index contributed by atoms with van der Waals surface area (Å²) in [5, 5.41) is 8.94. The lowest BCUT2D eigenvalue weighted by Gasteiger charge is -2.09. The van der Waals surface area contributed by atoms with Crippen molar-refractivity contribution >= 4 is 34.7 Å². The summed E-state index contributed by atoms with van der Waals surface area (Å²) >= 11 is 1.78. The Balaban J connectivity index is 0.00000144. The molecular weight excluding hydrogens is 320 g/mol. The molecule has 1 aromatic carbocycles. The van der Waals surface area contributed by atoms with Crippen LogP contribution in [0.3, 0.4) is 0 Å². The van der Waals surface area contributed by atoms with Gasteiger partial charge in [-0.3, -0.25) is 4.40 Å². The largest absolute Gasteiger partial charge is 0.478 e. The molecule has 0 saturated heterocycles. The van der Waals surface area contributed by atoms with Crippen molar-refractivity contribution < 1.29 is 9.90 Å². The van der Waals surface area contributed by atoms with Crippen LogP contribution < -0.4 is 0 Å². The summed E-state index contributed by atoms with van der Waals surface area (Å²) in [5.41, 5.74) is 3.58. The lowest BCUT2D eigenvalue weighted by Crippen LogP contribution is -2.01. The smallest absolute Gasteiger partial charge is 0.335 e. The number of rotatable bonds is 2. The highest BCUT2D eigenvalue weighted by Crippen LogP contribution is 2.32. The van der Waals surface area contributed by atoms with Crippen molar-refractivity contribution in [2.75, 3.05) is 0 Å². The third-order valence-corrected chi connectivity index (χ3v) is 5.15. The van der Waals surface area contributed by atoms with Crippen LogP contribution in [-0.4, -0.2) is 20.5 Å². The number of aryl methyl sites for hydroxylation is 2. The number of thiazole rings is 1. The zero-order chi connectivity index (χ0) is 14.4. The second-order valence-electron chi connectivity index (χ2n) is 5.34. The van der Waals surface area contributed by atoms with Gasteiger partial charge in [-0.25, -0.2) is 9.78 Å². The van der Waals surface area contributed by atoms with Crippen LogP contribution in [0.1, 0.15) is 33.8 Å². The lowest BCUT2D eigenvalue weighted by molar-refractivity contribution is 0.0697. The molecular formula is C16H15ClN2O2S. The molecule has 2 heterocycles. The van der Waals surface area contributed by atoms with Gasteiger partial charge in [-0.1, -0.05) is 12.1 Å². The predicted molar refractivity (Wildman–Crippen MR) is 89.4 cm³/mol. The molecule has 0 bridgehead atoms. The van der Waals surface area contributed by atoms with Crippen molar-refractivity contribution in [1.29, 1.82) is 0 Å². The fraction of sp³-hybridized carbons (Fsp3) is 0.250. The van der Waals surface area contributed by atoms with Crippen LogP contribution in [0.15, 0.2) is 30.5 Å². The van der Waals surface area contributed by atoms with E-state index in [1.165, 1.54) is 29.8 Å². The molecule has 0 radical (unpaired) electrons. The van der Waals surface area contributed by atoms with E-state index in [9.17, 15) is 4.79 Å². The second kappa shape index (κ2) is 5.74. The maximum atomic E-state index is 10.9. The average Bonchev–Trinajstić information content (AvgIpc) is 3.05. The quantitative estimate of drug-likeness (QED) is 0.768. The predicted octanol–water partition coefficient (Wildman–Crippen LogP) is 4.06. The number of hydrogen-bond acceptors (Lipinski definition) is 3. The third-order valence-electron chi connectivity index (χ3n) is 4.00. The molecule has 6 heteroatoms. The van der Waals surface area contributed by atoms with Crippen LogP contribution >= 0.6 is 23.7 Å². The number of imidazole rings is 1. The Hall–Kier alpha value is -1.85. The molecule has 22 heavy (non-hydrogen) atoms. The molecule has 1 aliphatic carbocycles. The number of carboxylic acid groups (broad SMARTS) is 1. The number of halogens is 1. The zero-order valence-corrected chi connectivity index (χ0v) is 13.4. The van der Waals surface area contributed by atoms with Crippen molar-refractivity contribution in [3.8, 4) is 11.3 Å². The molecule has 114 valence electrons. The Morgan fingerprint density at radius 1 is 1.18 bits per heavy atom. The Labute approximate surface area is 137 Å². The fourth-order valence-electron chi connectivity index (χ4n) is 2.89. The molecule has 2 aromatic heterocycles. The van der Waals surface area contributed by atoms with Crippen LogP contribution in [0, 0.1) is 0 Å². The zero-order valence-electron chi connectivity index (χ0n) is 11.8. The highest BCUT2D eigenvalue weighted by atomic mass is 35.5. The molecule has 0 spiro atoms. The number of nitrogens with zero attached hydrogens (tertiary/aromatic N) is 2. The highest BCUT2D eigenvalue weighted by molar-refractivity contribution is 7.17. The number of carboxylic acids is 1. The first-order valence-electron chi connectivity index (χ1n) is 7.06. The first-order chi connectivity index (χ1) is 10.2. The minimum atomic E-state index is -0.901. The van der Waals surface area contributed by atoms with Gasteiger partial charge in [-0.05, 0) is 37.8 Å². The molecule has 4 rings (SSSR count). The number of hydrogen-bond donors (Lipinski definition) is 1. The van der Waals surface area contributed by atoms with E-state index in [2.05, 4.69) is 10.6 Å². The van der Waals surface area contributed by atoms with E-state index in [0.717, 1.165) is 22.6 Å². The summed E-state index contributed by atoms with van der Waals surface area (Å²) in [6.45, 7) is 0. The maximum Gasteiger partial charge on any atom is 0.335 e. The van der Waals surface area contributed by atoms with Gasteiger partial charge in [-0.2, -0.15) is 0 Å². The average molecular weight is 335 g/mol. The van der Waals surface area contributed by atoms with Gasteiger partial charge >= 0.3 is 5.97 Å². The summed E-state index contributed by atoms with van der Waals surface area (Å²) in [6.07, 6.45) is 6.90. The van der Waals surface area contributed by atoms with E-state index in [-0.39, 0.29) is 12.4 Å². The van der Waals surface area contributed by atoms with E-state index in [4.69, 9.17) is 10.1 Å². The van der Waals surface area contributed by atoms with Crippen LogP contribution in [-0.2, 0) is 12.8 Å². The first kappa shape index (κ1) is 15.1. The Morgan fingerprint density at radius 3 is 2.64 bits per heavy atom. The molecule has 3 aromatic rings. The minimum Gasteiger partial charge on any atom is -0.478 e. The van der Waals surface area contributed by atoms with E-state index >= 15 is 0 Å². The summed E-state index contributed by atoms with van der Waals surface area (Å²) in [7, 11) is 0. The molecule has 0 unspecified atom stereocenters. The van der Waals surface area contributed by atoms with Gasteiger partial charge in [0.15, 0.2) is 4.96 Å². The summed E-state index contributed by atoms with van der Waals surface area (Å²) in [6, 6.07) is 6.89. The third kappa shape index (κ3) is 2.40. The van der Waals surface area contributed by atoms with Gasteiger partial charge in [0, 0.05) is 22.3 Å². The number of carbonyl (C=O) groups is 1. The molecule has 0 fully saturated rings. The van der Waals surface area contributed by atoms with Gasteiger partial charge in [0.1, 0.15) is 0 Å². The van der Waals surface area contributed by atoms with Crippen LogP contribution in [0.2, 0.25) is 0 Å². The van der Waals surface area contributed by atoms with Gasteiger partial charge in [0.05, 0.1) is 11.3 Å². The minimum absolute atomic E-state index is 0. The van der Waals surface area contributed by atoms with E-state index in [1.54, 1.807) is 23.5 Å². The van der Waals surface area contributed by atoms with Crippen molar-refractivity contribution in [3.05, 3.63) is 46.6 Å². The molecule has 0 saturated carbocycles. The number of aromatic nitrogens is 2. The summed E-state index contributed by atoms with van der Waals surface area (Å²) in [4.78, 5) is 18.1. The Morgan fingerprint density at radius 2 is 1.91 bits per heavy atom. The summed E-state index contributed by atoms with van der Waals surface area (Å²) in [5.74, 6) is -0.901. The number of aromatic carboxylic acids is 1. The maximum absolute atomic E-state index is 10.9. The second-order valence-corrected chi connectivity index (χ2v) is 6.40. The fourth-order valence-corrected chi connectivity index (χ4v) is 4.08. The molecule has 0 aliphatic heterocycles. The first-order valence-corrected chi connectivity index (χ1v) is 7.87. The van der Waals surface area contributed by atoms with Crippen molar-refractivity contribution in [1.82, 2.24) is 9.38 Å². The normalized spacial score (nSPS) is 13.6. The van der Waals surface area contributed by atoms with Crippen LogP contribution in [0.4, 0.5) is 0 Å².